The zero-order chi connectivity index (χ0) is 20.4. The molecule has 0 spiro atoms. The minimum Gasteiger partial charge on any atom is -0.497 e. The number of hydrogen-bond donors (Lipinski definition) is 1. The normalized spacial score (nSPS) is 10.7. The summed E-state index contributed by atoms with van der Waals surface area (Å²) in [6.45, 7) is 2.00. The molecule has 4 rings (SSSR count). The summed E-state index contributed by atoms with van der Waals surface area (Å²) in [5, 5.41) is 3.03. The highest BCUT2D eigenvalue weighted by molar-refractivity contribution is 6.05. The van der Waals surface area contributed by atoms with Crippen molar-refractivity contribution in [2.75, 3.05) is 19.5 Å². The Balaban J connectivity index is 1.77. The van der Waals surface area contributed by atoms with E-state index in [2.05, 4.69) is 5.32 Å². The number of methoxy groups -OCH3 is 2. The van der Waals surface area contributed by atoms with E-state index in [-0.39, 0.29) is 5.91 Å². The molecule has 0 bridgehead atoms. The van der Waals surface area contributed by atoms with Crippen molar-refractivity contribution in [1.29, 1.82) is 0 Å². The topological polar surface area (TPSA) is 64.9 Å². The fourth-order valence-corrected chi connectivity index (χ4v) is 3.14. The maximum Gasteiger partial charge on any atom is 0.256 e. The zero-order valence-corrected chi connectivity index (χ0v) is 16.5. The average molecular weight is 387 g/mol. The third-order valence-electron chi connectivity index (χ3n) is 4.71. The number of aryl methyl sites for hydroxylation is 1. The quantitative estimate of drug-likeness (QED) is 0.544. The molecule has 146 valence electrons. The van der Waals surface area contributed by atoms with E-state index < -0.39 is 0 Å². The molecule has 1 N–H and O–H groups in total. The molecule has 0 fully saturated rings. The summed E-state index contributed by atoms with van der Waals surface area (Å²) in [4.78, 5) is 17.7. The van der Waals surface area contributed by atoms with Gasteiger partial charge in [-0.15, -0.1) is 0 Å². The van der Waals surface area contributed by atoms with Crippen LogP contribution in [0.2, 0.25) is 0 Å². The number of ether oxygens (including phenoxy) is 2. The van der Waals surface area contributed by atoms with Crippen molar-refractivity contribution in [1.82, 2.24) is 9.38 Å². The molecule has 6 nitrogen and oxygen atoms in total. The second-order valence-electron chi connectivity index (χ2n) is 6.65. The molecule has 6 heteroatoms. The number of pyridine rings is 1. The first kappa shape index (κ1) is 18.6. The Hall–Kier alpha value is -3.80. The lowest BCUT2D eigenvalue weighted by atomic mass is 10.1. The van der Waals surface area contributed by atoms with E-state index in [0.29, 0.717) is 22.8 Å². The van der Waals surface area contributed by atoms with Crippen LogP contribution in [0.25, 0.3) is 16.9 Å². The van der Waals surface area contributed by atoms with E-state index in [1.807, 2.05) is 53.9 Å². The van der Waals surface area contributed by atoms with Crippen LogP contribution in [-0.2, 0) is 0 Å². The molecule has 0 unspecified atom stereocenters. The molecular formula is C23H21N3O3. The molecule has 0 radical (unpaired) electrons. The lowest BCUT2D eigenvalue weighted by Crippen LogP contribution is -2.14. The van der Waals surface area contributed by atoms with Gasteiger partial charge in [-0.05, 0) is 67.1 Å². The van der Waals surface area contributed by atoms with Crippen molar-refractivity contribution < 1.29 is 14.3 Å². The predicted octanol–water partition coefficient (Wildman–Crippen LogP) is 4.58. The van der Waals surface area contributed by atoms with Gasteiger partial charge in [0.25, 0.3) is 5.91 Å². The molecule has 2 aromatic heterocycles. The molecule has 2 aromatic carbocycles. The number of nitrogens with one attached hydrogen (secondary N) is 1. The van der Waals surface area contributed by atoms with Gasteiger partial charge in [-0.1, -0.05) is 6.07 Å². The van der Waals surface area contributed by atoms with Gasteiger partial charge in [-0.25, -0.2) is 4.98 Å². The lowest BCUT2D eigenvalue weighted by Gasteiger charge is -2.09. The molecule has 29 heavy (non-hydrogen) atoms. The number of amides is 1. The van der Waals surface area contributed by atoms with E-state index in [1.54, 1.807) is 38.5 Å². The fraction of sp³-hybridized carbons (Fsp3) is 0.130. The van der Waals surface area contributed by atoms with Crippen LogP contribution in [0.3, 0.4) is 0 Å². The van der Waals surface area contributed by atoms with Gasteiger partial charge in [0.2, 0.25) is 0 Å². The number of fused-ring (bicyclic) bond motifs is 1. The molecule has 0 saturated heterocycles. The highest BCUT2D eigenvalue weighted by atomic mass is 16.5. The molecule has 2 heterocycles. The van der Waals surface area contributed by atoms with Crippen LogP contribution in [0.4, 0.5) is 5.82 Å². The first-order valence-corrected chi connectivity index (χ1v) is 9.17. The van der Waals surface area contributed by atoms with Gasteiger partial charge in [0.15, 0.2) is 0 Å². The van der Waals surface area contributed by atoms with E-state index in [0.717, 1.165) is 22.5 Å². The van der Waals surface area contributed by atoms with Crippen LogP contribution in [0.5, 0.6) is 11.5 Å². The van der Waals surface area contributed by atoms with Crippen LogP contribution in [-0.4, -0.2) is 29.5 Å². The SMILES string of the molecule is COc1ccc(C(=O)Nc2c(-c3ccc(OC)cc3)nc3ccc(C)cn23)cc1. The molecule has 0 aliphatic carbocycles. The van der Waals surface area contributed by atoms with Crippen LogP contribution in [0.15, 0.2) is 66.9 Å². The van der Waals surface area contributed by atoms with Crippen molar-refractivity contribution in [3.63, 3.8) is 0 Å². The van der Waals surface area contributed by atoms with Crippen LogP contribution in [0.1, 0.15) is 15.9 Å². The summed E-state index contributed by atoms with van der Waals surface area (Å²) in [7, 11) is 3.22. The maximum atomic E-state index is 12.9. The highest BCUT2D eigenvalue weighted by Crippen LogP contribution is 2.31. The third kappa shape index (κ3) is 3.65. The number of hydrogen-bond acceptors (Lipinski definition) is 4. The molecule has 0 aliphatic heterocycles. The number of nitrogens with zero attached hydrogens (tertiary/aromatic N) is 2. The summed E-state index contributed by atoms with van der Waals surface area (Å²) in [6, 6.07) is 18.5. The molecule has 0 saturated carbocycles. The number of rotatable bonds is 5. The summed E-state index contributed by atoms with van der Waals surface area (Å²) >= 11 is 0. The lowest BCUT2D eigenvalue weighted by molar-refractivity contribution is 0.102. The smallest absolute Gasteiger partial charge is 0.256 e. The number of benzene rings is 2. The Kier molecular flexibility index (Phi) is 4.91. The summed E-state index contributed by atoms with van der Waals surface area (Å²) in [6.07, 6.45) is 1.96. The third-order valence-corrected chi connectivity index (χ3v) is 4.71. The van der Waals surface area contributed by atoms with Crippen molar-refractivity contribution in [2.45, 2.75) is 6.92 Å². The monoisotopic (exact) mass is 387 g/mol. The van der Waals surface area contributed by atoms with Crippen molar-refractivity contribution in [3.05, 3.63) is 78.0 Å². The van der Waals surface area contributed by atoms with Gasteiger partial charge in [0.1, 0.15) is 28.7 Å². The predicted molar refractivity (Wildman–Crippen MR) is 113 cm³/mol. The van der Waals surface area contributed by atoms with E-state index in [9.17, 15) is 4.79 Å². The van der Waals surface area contributed by atoms with E-state index >= 15 is 0 Å². The van der Waals surface area contributed by atoms with Gasteiger partial charge in [0, 0.05) is 17.3 Å². The molecule has 0 atom stereocenters. The standard InChI is InChI=1S/C23H21N3O3/c1-15-4-13-20-24-21(16-5-9-18(28-2)10-6-16)22(26(20)14-15)25-23(27)17-7-11-19(29-3)12-8-17/h4-14H,1-3H3,(H,25,27). The Morgan fingerprint density at radius 1 is 0.897 bits per heavy atom. The first-order valence-electron chi connectivity index (χ1n) is 9.17. The minimum absolute atomic E-state index is 0.217. The molecule has 0 aliphatic rings. The van der Waals surface area contributed by atoms with Crippen LogP contribution >= 0.6 is 0 Å². The fourth-order valence-electron chi connectivity index (χ4n) is 3.14. The van der Waals surface area contributed by atoms with Crippen molar-refractivity contribution in [2.24, 2.45) is 0 Å². The number of carbonyl (C=O) groups excluding carboxylic acids is 1. The van der Waals surface area contributed by atoms with Crippen molar-refractivity contribution >= 4 is 17.4 Å². The van der Waals surface area contributed by atoms with Gasteiger partial charge >= 0.3 is 0 Å². The molecule has 1 amide bonds. The van der Waals surface area contributed by atoms with E-state index in [1.165, 1.54) is 0 Å². The number of anilines is 1. The van der Waals surface area contributed by atoms with Gasteiger partial charge < -0.3 is 14.8 Å². The Morgan fingerprint density at radius 3 is 2.14 bits per heavy atom. The van der Waals surface area contributed by atoms with Crippen molar-refractivity contribution in [3.8, 4) is 22.8 Å². The van der Waals surface area contributed by atoms with Crippen LogP contribution < -0.4 is 14.8 Å². The largest absolute Gasteiger partial charge is 0.497 e. The number of imidazole rings is 1. The zero-order valence-electron chi connectivity index (χ0n) is 16.5. The second-order valence-corrected chi connectivity index (χ2v) is 6.65. The first-order chi connectivity index (χ1) is 14.1. The summed E-state index contributed by atoms with van der Waals surface area (Å²) < 4.78 is 12.3. The number of carbonyl (C=O) groups is 1. The van der Waals surface area contributed by atoms with Gasteiger partial charge in [-0.2, -0.15) is 0 Å². The Bertz CT molecular complexity index is 1160. The highest BCUT2D eigenvalue weighted by Gasteiger charge is 2.17. The summed E-state index contributed by atoms with van der Waals surface area (Å²) in [5.74, 6) is 1.86. The molecular weight excluding hydrogens is 366 g/mol. The van der Waals surface area contributed by atoms with Gasteiger partial charge in [-0.3, -0.25) is 9.20 Å². The summed E-state index contributed by atoms with van der Waals surface area (Å²) in [5.41, 5.74) is 3.94. The second kappa shape index (κ2) is 7.67. The average Bonchev–Trinajstić information content (AvgIpc) is 3.11. The molecule has 4 aromatic rings. The van der Waals surface area contributed by atoms with Gasteiger partial charge in [0.05, 0.1) is 14.2 Å². The van der Waals surface area contributed by atoms with Crippen LogP contribution in [0, 0.1) is 6.92 Å². The maximum absolute atomic E-state index is 12.9. The Labute approximate surface area is 168 Å². The Morgan fingerprint density at radius 2 is 1.52 bits per heavy atom. The minimum atomic E-state index is -0.217. The van der Waals surface area contributed by atoms with E-state index in [4.69, 9.17) is 14.5 Å². The number of aromatic nitrogens is 2.